The summed E-state index contributed by atoms with van der Waals surface area (Å²) < 4.78 is 10.4. The van der Waals surface area contributed by atoms with Gasteiger partial charge in [-0.25, -0.2) is 14.5 Å². The largest absolute Gasteiger partial charge is 0.464 e. The molecule has 164 valence electrons. The smallest absolute Gasteiger partial charge is 0.417 e. The molecule has 31 heavy (non-hydrogen) atoms. The summed E-state index contributed by atoms with van der Waals surface area (Å²) in [6.45, 7) is 6.01. The van der Waals surface area contributed by atoms with Gasteiger partial charge in [0, 0.05) is 13.1 Å². The molecule has 0 aliphatic carbocycles. The molecule has 7 heteroatoms. The first kappa shape index (κ1) is 22.5. The van der Waals surface area contributed by atoms with Gasteiger partial charge in [-0.1, -0.05) is 60.7 Å². The Morgan fingerprint density at radius 1 is 1.03 bits per heavy atom. The van der Waals surface area contributed by atoms with E-state index < -0.39 is 29.6 Å². The maximum atomic E-state index is 13.6. The zero-order valence-corrected chi connectivity index (χ0v) is 18.1. The van der Waals surface area contributed by atoms with Crippen molar-refractivity contribution in [3.8, 4) is 0 Å². The molecule has 7 nitrogen and oxygen atoms in total. The fourth-order valence-electron chi connectivity index (χ4n) is 3.63. The molecule has 0 aromatic heterocycles. The first-order valence-electron chi connectivity index (χ1n) is 10.3. The molecule has 1 aliphatic heterocycles. The van der Waals surface area contributed by atoms with Crippen LogP contribution in [0.2, 0.25) is 0 Å². The van der Waals surface area contributed by atoms with Crippen LogP contribution in [0.5, 0.6) is 0 Å². The van der Waals surface area contributed by atoms with Gasteiger partial charge in [-0.3, -0.25) is 9.69 Å². The van der Waals surface area contributed by atoms with Gasteiger partial charge in [-0.05, 0) is 31.9 Å². The van der Waals surface area contributed by atoms with E-state index in [9.17, 15) is 14.4 Å². The van der Waals surface area contributed by atoms with Crippen LogP contribution < -0.4 is 0 Å². The second-order valence-electron chi connectivity index (χ2n) is 8.07. The number of nitrogens with zero attached hydrogens (tertiary/aromatic N) is 2. The first-order valence-corrected chi connectivity index (χ1v) is 10.3. The Kier molecular flexibility index (Phi) is 7.07. The fourth-order valence-corrected chi connectivity index (χ4v) is 3.63. The van der Waals surface area contributed by atoms with Crippen LogP contribution in [0.1, 0.15) is 31.9 Å². The Morgan fingerprint density at radius 2 is 1.55 bits per heavy atom. The lowest BCUT2D eigenvalue weighted by Gasteiger charge is -2.34. The second-order valence-corrected chi connectivity index (χ2v) is 8.07. The van der Waals surface area contributed by atoms with Gasteiger partial charge in [0.1, 0.15) is 6.61 Å². The van der Waals surface area contributed by atoms with Crippen LogP contribution in [0.3, 0.4) is 0 Å². The number of imide groups is 1. The van der Waals surface area contributed by atoms with E-state index >= 15 is 0 Å². The molecule has 1 heterocycles. The number of hydrogen-bond donors (Lipinski definition) is 0. The van der Waals surface area contributed by atoms with Crippen molar-refractivity contribution in [2.75, 3.05) is 13.2 Å². The van der Waals surface area contributed by atoms with E-state index in [4.69, 9.17) is 9.47 Å². The molecule has 1 saturated heterocycles. The van der Waals surface area contributed by atoms with Gasteiger partial charge in [0.25, 0.3) is 5.91 Å². The zero-order chi connectivity index (χ0) is 22.4. The number of carbonyl (C=O) groups excluding carboxylic acids is 3. The number of rotatable bonds is 8. The highest BCUT2D eigenvalue weighted by molar-refractivity contribution is 6.08. The summed E-state index contributed by atoms with van der Waals surface area (Å²) in [6, 6.07) is 17.8. The van der Waals surface area contributed by atoms with E-state index in [2.05, 4.69) is 0 Å². The number of amides is 2. The quantitative estimate of drug-likeness (QED) is 0.478. The average molecular weight is 424 g/mol. The Hall–Kier alpha value is -3.19. The minimum Gasteiger partial charge on any atom is -0.464 e. The van der Waals surface area contributed by atoms with E-state index in [1.54, 1.807) is 25.7 Å². The molecule has 2 aromatic carbocycles. The lowest BCUT2D eigenvalue weighted by Crippen LogP contribution is -2.57. The molecule has 2 aromatic rings. The van der Waals surface area contributed by atoms with Crippen molar-refractivity contribution in [3.05, 3.63) is 71.8 Å². The number of benzene rings is 2. The number of hydrogen-bond acceptors (Lipinski definition) is 6. The second kappa shape index (κ2) is 9.75. The van der Waals surface area contributed by atoms with Crippen molar-refractivity contribution in [3.63, 3.8) is 0 Å². The van der Waals surface area contributed by atoms with Crippen LogP contribution in [-0.4, -0.2) is 52.6 Å². The molecule has 1 atom stereocenters. The Labute approximate surface area is 182 Å². The van der Waals surface area contributed by atoms with Crippen LogP contribution >= 0.6 is 0 Å². The fraction of sp³-hybridized carbons (Fsp3) is 0.375. The van der Waals surface area contributed by atoms with Crippen LogP contribution in [0, 0.1) is 0 Å². The molecule has 0 N–H and O–H groups in total. The van der Waals surface area contributed by atoms with Crippen molar-refractivity contribution in [1.29, 1.82) is 0 Å². The highest BCUT2D eigenvalue weighted by atomic mass is 16.6. The van der Waals surface area contributed by atoms with Crippen LogP contribution in [0.4, 0.5) is 4.79 Å². The minimum atomic E-state index is -1.29. The molecule has 1 unspecified atom stereocenters. The number of cyclic esters (lactones) is 1. The monoisotopic (exact) mass is 424 g/mol. The molecule has 0 spiro atoms. The summed E-state index contributed by atoms with van der Waals surface area (Å²) in [6.07, 6.45) is -0.747. The summed E-state index contributed by atoms with van der Waals surface area (Å²) in [5, 5.41) is 0. The van der Waals surface area contributed by atoms with E-state index in [0.29, 0.717) is 13.1 Å². The highest BCUT2D eigenvalue weighted by Crippen LogP contribution is 2.27. The first-order chi connectivity index (χ1) is 14.8. The van der Waals surface area contributed by atoms with Crippen LogP contribution in [-0.2, 0) is 32.2 Å². The van der Waals surface area contributed by atoms with E-state index in [0.717, 1.165) is 16.0 Å². The Morgan fingerprint density at radius 3 is 1.97 bits per heavy atom. The molecule has 2 amide bonds. The third kappa shape index (κ3) is 5.30. The van der Waals surface area contributed by atoms with Crippen molar-refractivity contribution >= 4 is 18.0 Å². The molecule has 0 radical (unpaired) electrons. The summed E-state index contributed by atoms with van der Waals surface area (Å²) in [4.78, 5) is 41.8. The zero-order valence-electron chi connectivity index (χ0n) is 18.1. The molecule has 1 aliphatic rings. The van der Waals surface area contributed by atoms with Gasteiger partial charge in [0.05, 0.1) is 12.1 Å². The van der Waals surface area contributed by atoms with Crippen molar-refractivity contribution in [2.45, 2.75) is 45.4 Å². The Balaban J connectivity index is 2.00. The predicted octanol–water partition coefficient (Wildman–Crippen LogP) is 3.38. The van der Waals surface area contributed by atoms with E-state index in [1.807, 2.05) is 60.7 Å². The number of ether oxygens (including phenoxy) is 2. The molecule has 0 bridgehead atoms. The van der Waals surface area contributed by atoms with E-state index in [-0.39, 0.29) is 13.2 Å². The lowest BCUT2D eigenvalue weighted by molar-refractivity contribution is -0.158. The van der Waals surface area contributed by atoms with Gasteiger partial charge < -0.3 is 9.47 Å². The van der Waals surface area contributed by atoms with E-state index in [1.165, 1.54) is 0 Å². The number of esters is 1. The van der Waals surface area contributed by atoms with Crippen molar-refractivity contribution < 1.29 is 23.9 Å². The lowest BCUT2D eigenvalue weighted by atomic mass is 10.0. The summed E-state index contributed by atoms with van der Waals surface area (Å²) in [5.74, 6) is -1.33. The van der Waals surface area contributed by atoms with Gasteiger partial charge >= 0.3 is 12.1 Å². The summed E-state index contributed by atoms with van der Waals surface area (Å²) in [5.41, 5.74) is 1.01. The highest BCUT2D eigenvalue weighted by Gasteiger charge is 2.49. The van der Waals surface area contributed by atoms with Crippen molar-refractivity contribution in [1.82, 2.24) is 9.80 Å². The maximum absolute atomic E-state index is 13.6. The van der Waals surface area contributed by atoms with Gasteiger partial charge in [0.2, 0.25) is 0 Å². The van der Waals surface area contributed by atoms with Gasteiger partial charge in [-0.2, -0.15) is 0 Å². The summed E-state index contributed by atoms with van der Waals surface area (Å²) >= 11 is 0. The SMILES string of the molecule is CCOC(=O)C(C(=O)N1C(=O)OCC1(C)C)N(Cc1ccccc1)Cc1ccccc1. The maximum Gasteiger partial charge on any atom is 0.417 e. The van der Waals surface area contributed by atoms with Gasteiger partial charge in [0.15, 0.2) is 6.04 Å². The molecular formula is C24H28N2O5. The molecule has 1 fully saturated rings. The molecular weight excluding hydrogens is 396 g/mol. The Bertz CT molecular complexity index is 873. The minimum absolute atomic E-state index is 0.0739. The van der Waals surface area contributed by atoms with Gasteiger partial charge in [-0.15, -0.1) is 0 Å². The predicted molar refractivity (Wildman–Crippen MR) is 115 cm³/mol. The van der Waals surface area contributed by atoms with Crippen LogP contribution in [0.25, 0.3) is 0 Å². The van der Waals surface area contributed by atoms with Crippen molar-refractivity contribution in [2.24, 2.45) is 0 Å². The summed E-state index contributed by atoms with van der Waals surface area (Å²) in [7, 11) is 0. The third-order valence-corrected chi connectivity index (χ3v) is 5.12. The third-order valence-electron chi connectivity index (χ3n) is 5.12. The average Bonchev–Trinajstić information content (AvgIpc) is 3.02. The standard InChI is InChI=1S/C24H28N2O5/c1-4-30-22(28)20(21(27)26-23(29)31-17-24(26,2)3)25(15-18-11-7-5-8-12-18)16-19-13-9-6-10-14-19/h5-14,20H,4,15-17H2,1-3H3. The molecule has 3 rings (SSSR count). The normalized spacial score (nSPS) is 16.1. The topological polar surface area (TPSA) is 76.2 Å². The molecule has 0 saturated carbocycles. The number of carbonyl (C=O) groups is 3. The van der Waals surface area contributed by atoms with Crippen LogP contribution in [0.15, 0.2) is 60.7 Å².